The number of hydrazine groups is 1. The number of benzene rings is 2. The highest BCUT2D eigenvalue weighted by molar-refractivity contribution is 5.39. The molecular formula is C17H19FN2O. The van der Waals surface area contributed by atoms with Gasteiger partial charge in [-0.2, -0.15) is 0 Å². The van der Waals surface area contributed by atoms with Gasteiger partial charge in [-0.3, -0.25) is 11.3 Å². The van der Waals surface area contributed by atoms with Crippen LogP contribution in [0.15, 0.2) is 48.5 Å². The minimum atomic E-state index is -0.212. The number of para-hydroxylation sites is 1. The summed E-state index contributed by atoms with van der Waals surface area (Å²) in [5, 5.41) is 0. The van der Waals surface area contributed by atoms with Crippen LogP contribution in [-0.4, -0.2) is 12.6 Å². The molecule has 3 N–H and O–H groups in total. The van der Waals surface area contributed by atoms with E-state index in [4.69, 9.17) is 10.6 Å². The average molecular weight is 286 g/mol. The highest BCUT2D eigenvalue weighted by Crippen LogP contribution is 2.36. The Morgan fingerprint density at radius 2 is 2.10 bits per heavy atom. The number of nitrogens with one attached hydrogen (secondary N) is 1. The Hall–Kier alpha value is -1.91. The zero-order valence-electron chi connectivity index (χ0n) is 11.8. The first-order chi connectivity index (χ1) is 10.3. The van der Waals surface area contributed by atoms with Crippen molar-refractivity contribution in [2.75, 3.05) is 6.61 Å². The second kappa shape index (κ2) is 6.24. The van der Waals surface area contributed by atoms with E-state index >= 15 is 0 Å². The fourth-order valence-electron chi connectivity index (χ4n) is 3.02. The molecule has 0 spiro atoms. The van der Waals surface area contributed by atoms with Gasteiger partial charge in [0.25, 0.3) is 0 Å². The second-order valence-electron chi connectivity index (χ2n) is 5.39. The standard InChI is InChI=1S/C17H19FN2O/c18-13-5-3-4-12(10-13)11-16(20-19)14-8-9-21-17-7-2-1-6-15(14)17/h1-7,10,14,16,20H,8-9,11,19H2. The van der Waals surface area contributed by atoms with Crippen molar-refractivity contribution >= 4 is 0 Å². The highest BCUT2D eigenvalue weighted by atomic mass is 19.1. The molecule has 2 aromatic rings. The van der Waals surface area contributed by atoms with E-state index in [0.717, 1.165) is 17.7 Å². The molecule has 2 atom stereocenters. The molecule has 2 aromatic carbocycles. The lowest BCUT2D eigenvalue weighted by Gasteiger charge is -2.32. The van der Waals surface area contributed by atoms with Gasteiger partial charge in [-0.1, -0.05) is 30.3 Å². The Labute approximate surface area is 123 Å². The van der Waals surface area contributed by atoms with Crippen LogP contribution in [0.1, 0.15) is 23.5 Å². The van der Waals surface area contributed by atoms with Crippen molar-refractivity contribution in [1.82, 2.24) is 5.43 Å². The highest BCUT2D eigenvalue weighted by Gasteiger charge is 2.28. The molecule has 0 aliphatic carbocycles. The first-order valence-electron chi connectivity index (χ1n) is 7.20. The number of ether oxygens (including phenoxy) is 1. The Balaban J connectivity index is 1.84. The number of fused-ring (bicyclic) bond motifs is 1. The summed E-state index contributed by atoms with van der Waals surface area (Å²) in [6.45, 7) is 0.684. The van der Waals surface area contributed by atoms with Crippen LogP contribution in [0.4, 0.5) is 4.39 Å². The third-order valence-electron chi connectivity index (χ3n) is 4.05. The lowest BCUT2D eigenvalue weighted by Crippen LogP contribution is -2.42. The maximum absolute atomic E-state index is 13.3. The van der Waals surface area contributed by atoms with Gasteiger partial charge in [0.1, 0.15) is 11.6 Å². The van der Waals surface area contributed by atoms with Crippen LogP contribution in [0, 0.1) is 5.82 Å². The Morgan fingerprint density at radius 1 is 1.24 bits per heavy atom. The maximum atomic E-state index is 13.3. The minimum Gasteiger partial charge on any atom is -0.493 e. The summed E-state index contributed by atoms with van der Waals surface area (Å²) < 4.78 is 19.0. The molecule has 1 aliphatic rings. The molecular weight excluding hydrogens is 267 g/mol. The SMILES string of the molecule is NNC(Cc1cccc(F)c1)C1CCOc2ccccc21. The van der Waals surface area contributed by atoms with E-state index in [-0.39, 0.29) is 17.8 Å². The summed E-state index contributed by atoms with van der Waals surface area (Å²) in [7, 11) is 0. The van der Waals surface area contributed by atoms with Gasteiger partial charge in [-0.05, 0) is 42.2 Å². The van der Waals surface area contributed by atoms with Crippen LogP contribution < -0.4 is 16.0 Å². The van der Waals surface area contributed by atoms with E-state index in [1.807, 2.05) is 24.3 Å². The summed E-state index contributed by atoms with van der Waals surface area (Å²) in [6.07, 6.45) is 1.59. The number of hydrogen-bond donors (Lipinski definition) is 2. The van der Waals surface area contributed by atoms with Crippen LogP contribution >= 0.6 is 0 Å². The largest absolute Gasteiger partial charge is 0.493 e. The van der Waals surface area contributed by atoms with E-state index in [0.29, 0.717) is 13.0 Å². The van der Waals surface area contributed by atoms with Gasteiger partial charge in [0, 0.05) is 12.0 Å². The quantitative estimate of drug-likeness (QED) is 0.671. The molecule has 0 aromatic heterocycles. The average Bonchev–Trinajstić information content (AvgIpc) is 2.52. The Morgan fingerprint density at radius 3 is 2.90 bits per heavy atom. The molecule has 0 fully saturated rings. The van der Waals surface area contributed by atoms with Crippen molar-refractivity contribution in [2.24, 2.45) is 5.84 Å². The van der Waals surface area contributed by atoms with Gasteiger partial charge in [0.2, 0.25) is 0 Å². The Kier molecular flexibility index (Phi) is 4.18. The third kappa shape index (κ3) is 3.06. The van der Waals surface area contributed by atoms with Gasteiger partial charge in [-0.15, -0.1) is 0 Å². The van der Waals surface area contributed by atoms with Crippen molar-refractivity contribution in [3.8, 4) is 5.75 Å². The molecule has 1 heterocycles. The van der Waals surface area contributed by atoms with Crippen molar-refractivity contribution in [3.63, 3.8) is 0 Å². The van der Waals surface area contributed by atoms with E-state index in [1.54, 1.807) is 12.1 Å². The van der Waals surface area contributed by atoms with E-state index in [9.17, 15) is 4.39 Å². The molecule has 0 saturated carbocycles. The number of rotatable bonds is 4. The molecule has 2 unspecified atom stereocenters. The van der Waals surface area contributed by atoms with Crippen molar-refractivity contribution in [1.29, 1.82) is 0 Å². The van der Waals surface area contributed by atoms with Crippen molar-refractivity contribution in [2.45, 2.75) is 24.8 Å². The predicted octanol–water partition coefficient (Wildman–Crippen LogP) is 2.77. The number of halogens is 1. The van der Waals surface area contributed by atoms with Crippen LogP contribution in [-0.2, 0) is 6.42 Å². The van der Waals surface area contributed by atoms with Crippen LogP contribution in [0.5, 0.6) is 5.75 Å². The number of nitrogens with two attached hydrogens (primary N) is 1. The zero-order chi connectivity index (χ0) is 14.7. The van der Waals surface area contributed by atoms with Crippen LogP contribution in [0.25, 0.3) is 0 Å². The molecule has 3 nitrogen and oxygen atoms in total. The van der Waals surface area contributed by atoms with Crippen LogP contribution in [0.3, 0.4) is 0 Å². The van der Waals surface area contributed by atoms with E-state index in [1.165, 1.54) is 11.6 Å². The van der Waals surface area contributed by atoms with Gasteiger partial charge < -0.3 is 4.74 Å². The topological polar surface area (TPSA) is 47.3 Å². The monoisotopic (exact) mass is 286 g/mol. The molecule has 21 heavy (non-hydrogen) atoms. The predicted molar refractivity (Wildman–Crippen MR) is 80.5 cm³/mol. The van der Waals surface area contributed by atoms with E-state index < -0.39 is 0 Å². The van der Waals surface area contributed by atoms with Gasteiger partial charge in [-0.25, -0.2) is 4.39 Å². The van der Waals surface area contributed by atoms with Crippen LogP contribution in [0.2, 0.25) is 0 Å². The minimum absolute atomic E-state index is 0.0526. The summed E-state index contributed by atoms with van der Waals surface area (Å²) in [5.41, 5.74) is 5.02. The number of hydrogen-bond acceptors (Lipinski definition) is 3. The van der Waals surface area contributed by atoms with Crippen molar-refractivity contribution in [3.05, 3.63) is 65.5 Å². The van der Waals surface area contributed by atoms with Gasteiger partial charge in [0.15, 0.2) is 0 Å². The normalized spacial score (nSPS) is 18.7. The molecule has 0 amide bonds. The molecule has 4 heteroatoms. The summed E-state index contributed by atoms with van der Waals surface area (Å²) in [5.74, 6) is 6.74. The maximum Gasteiger partial charge on any atom is 0.123 e. The first-order valence-corrected chi connectivity index (χ1v) is 7.20. The van der Waals surface area contributed by atoms with Gasteiger partial charge >= 0.3 is 0 Å². The molecule has 0 bridgehead atoms. The summed E-state index contributed by atoms with van der Waals surface area (Å²) >= 11 is 0. The smallest absolute Gasteiger partial charge is 0.123 e. The molecule has 110 valence electrons. The zero-order valence-corrected chi connectivity index (χ0v) is 11.8. The lowest BCUT2D eigenvalue weighted by molar-refractivity contribution is 0.245. The molecule has 0 radical (unpaired) electrons. The van der Waals surface area contributed by atoms with Crippen molar-refractivity contribution < 1.29 is 9.13 Å². The first kappa shape index (κ1) is 14.0. The fraction of sp³-hybridized carbons (Fsp3) is 0.294. The van der Waals surface area contributed by atoms with Gasteiger partial charge in [0.05, 0.1) is 6.61 Å². The molecule has 0 saturated heterocycles. The fourth-order valence-corrected chi connectivity index (χ4v) is 3.02. The third-order valence-corrected chi connectivity index (χ3v) is 4.05. The second-order valence-corrected chi connectivity index (χ2v) is 5.39. The lowest BCUT2D eigenvalue weighted by atomic mass is 9.84. The van der Waals surface area contributed by atoms with E-state index in [2.05, 4.69) is 11.5 Å². The Bertz CT molecular complexity index is 617. The summed E-state index contributed by atoms with van der Waals surface area (Å²) in [4.78, 5) is 0. The molecule has 3 rings (SSSR count). The molecule has 1 aliphatic heterocycles. The summed E-state index contributed by atoms with van der Waals surface area (Å²) in [6, 6.07) is 14.8.